The summed E-state index contributed by atoms with van der Waals surface area (Å²) in [5, 5.41) is 27.2. The van der Waals surface area contributed by atoms with E-state index in [1.54, 1.807) is 12.3 Å². The van der Waals surface area contributed by atoms with Gasteiger partial charge in [-0.15, -0.1) is 0 Å². The van der Waals surface area contributed by atoms with Gasteiger partial charge < -0.3 is 20.5 Å². The van der Waals surface area contributed by atoms with Crippen molar-refractivity contribution in [1.29, 1.82) is 0 Å². The van der Waals surface area contributed by atoms with Crippen LogP contribution in [0.5, 0.6) is 5.88 Å². The summed E-state index contributed by atoms with van der Waals surface area (Å²) in [5.41, 5.74) is 0.612. The minimum atomic E-state index is -0.509. The predicted octanol–water partition coefficient (Wildman–Crippen LogP) is -1.36. The molecule has 4 rings (SSSR count). The van der Waals surface area contributed by atoms with Gasteiger partial charge in [0.1, 0.15) is 5.69 Å². The number of aromatic nitrogens is 6. The lowest BCUT2D eigenvalue weighted by atomic mass is 10.2. The third-order valence-corrected chi connectivity index (χ3v) is 4.30. The maximum Gasteiger partial charge on any atom is 0.326 e. The molecule has 1 aliphatic carbocycles. The van der Waals surface area contributed by atoms with E-state index in [1.807, 2.05) is 6.92 Å². The number of aromatic amines is 2. The summed E-state index contributed by atoms with van der Waals surface area (Å²) in [6.45, 7) is 1.90. The monoisotopic (exact) mass is 372 g/mol. The molecule has 1 unspecified atom stereocenters. The topological polar surface area (TPSA) is 157 Å². The van der Waals surface area contributed by atoms with E-state index in [0.29, 0.717) is 28.9 Å². The van der Waals surface area contributed by atoms with Crippen molar-refractivity contribution in [2.45, 2.75) is 38.3 Å². The lowest BCUT2D eigenvalue weighted by molar-refractivity contribution is 0.271. The van der Waals surface area contributed by atoms with Crippen molar-refractivity contribution in [3.05, 3.63) is 33.2 Å². The average Bonchev–Trinajstić information content (AvgIpc) is 3.28. The quantitative estimate of drug-likeness (QED) is 0.358. The molecule has 27 heavy (non-hydrogen) atoms. The molecule has 1 saturated carbocycles. The smallest absolute Gasteiger partial charge is 0.326 e. The standard InChI is InChI=1S/C16H20N8O3/c1-2-9(7-25)18-14-21-12-8(5-11-13(26)22-16(27)20-11)6-17-24(12)15(23-14)19-10-3-4-10/h5-6,9-10,25-26H,2-4,7H2,1H3,(H,18,19,23)(H2,20,22,27). The number of imidazole rings is 1. The fraction of sp³-hybridized carbons (Fsp3) is 0.438. The highest BCUT2D eigenvalue weighted by Crippen LogP contribution is 2.22. The molecule has 1 atom stereocenters. The van der Waals surface area contributed by atoms with Crippen LogP contribution >= 0.6 is 0 Å². The van der Waals surface area contributed by atoms with Gasteiger partial charge in [0.25, 0.3) is 5.62 Å². The van der Waals surface area contributed by atoms with Gasteiger partial charge in [0.15, 0.2) is 5.65 Å². The van der Waals surface area contributed by atoms with E-state index in [-0.39, 0.29) is 30.3 Å². The van der Waals surface area contributed by atoms with E-state index in [2.05, 4.69) is 35.3 Å². The first-order valence-corrected chi connectivity index (χ1v) is 8.77. The molecule has 11 heteroatoms. The first-order chi connectivity index (χ1) is 13.1. The Bertz CT molecular complexity index is 1140. The maximum atomic E-state index is 11.3. The summed E-state index contributed by atoms with van der Waals surface area (Å²) in [5.74, 6) is 0.0747. The number of hydrogen-bond donors (Lipinski definition) is 5. The van der Waals surface area contributed by atoms with E-state index in [0.717, 1.165) is 12.8 Å². The second-order valence-corrected chi connectivity index (χ2v) is 6.46. The molecule has 0 aromatic carbocycles. The van der Waals surface area contributed by atoms with Crippen LogP contribution in [0.2, 0.25) is 0 Å². The Morgan fingerprint density at radius 1 is 1.44 bits per heavy atom. The average molecular weight is 372 g/mol. The van der Waals surface area contributed by atoms with Crippen LogP contribution in [0.1, 0.15) is 31.9 Å². The van der Waals surface area contributed by atoms with Gasteiger partial charge in [-0.2, -0.15) is 19.6 Å². The molecule has 1 aliphatic rings. The lowest BCUT2D eigenvalue weighted by Gasteiger charge is -2.13. The van der Waals surface area contributed by atoms with Gasteiger partial charge in [-0.1, -0.05) is 6.92 Å². The molecule has 1 fully saturated rings. The van der Waals surface area contributed by atoms with Crippen LogP contribution in [0.4, 0.5) is 5.95 Å². The van der Waals surface area contributed by atoms with Crippen LogP contribution in [0.15, 0.2) is 16.0 Å². The Kier molecular flexibility index (Phi) is 4.36. The van der Waals surface area contributed by atoms with E-state index in [9.17, 15) is 15.0 Å². The van der Waals surface area contributed by atoms with Gasteiger partial charge in [0, 0.05) is 5.22 Å². The van der Waals surface area contributed by atoms with Gasteiger partial charge in [0.2, 0.25) is 11.8 Å². The highest BCUT2D eigenvalue weighted by molar-refractivity contribution is 5.57. The molecule has 11 nitrogen and oxygen atoms in total. The van der Waals surface area contributed by atoms with E-state index in [1.165, 1.54) is 4.52 Å². The van der Waals surface area contributed by atoms with Crippen molar-refractivity contribution < 1.29 is 10.2 Å². The zero-order chi connectivity index (χ0) is 19.0. The minimum absolute atomic E-state index is 0.0448. The SMILES string of the molecule is CCC(CO)Nc1nc(=NC2CC2)n2ncc(=Cc3[nH]c(=O)[nH]c3O)c2n1. The zero-order valence-electron chi connectivity index (χ0n) is 14.7. The Labute approximate surface area is 152 Å². The number of nitrogens with zero attached hydrogens (tertiary/aromatic N) is 5. The largest absolute Gasteiger partial charge is 0.493 e. The van der Waals surface area contributed by atoms with Gasteiger partial charge in [-0.3, -0.25) is 4.98 Å². The molecular weight excluding hydrogens is 352 g/mol. The van der Waals surface area contributed by atoms with Crippen LogP contribution in [0.3, 0.4) is 0 Å². The van der Waals surface area contributed by atoms with Crippen LogP contribution < -0.4 is 21.8 Å². The van der Waals surface area contributed by atoms with Crippen molar-refractivity contribution in [2.24, 2.45) is 4.99 Å². The van der Waals surface area contributed by atoms with Gasteiger partial charge >= 0.3 is 5.69 Å². The Morgan fingerprint density at radius 3 is 2.89 bits per heavy atom. The molecule has 142 valence electrons. The van der Waals surface area contributed by atoms with E-state index in [4.69, 9.17) is 0 Å². The second kappa shape index (κ2) is 6.83. The molecule has 0 spiro atoms. The molecule has 3 aromatic heterocycles. The van der Waals surface area contributed by atoms with Gasteiger partial charge in [-0.25, -0.2) is 9.79 Å². The first-order valence-electron chi connectivity index (χ1n) is 8.77. The number of H-pyrrole nitrogens is 2. The molecule has 5 N–H and O–H groups in total. The van der Waals surface area contributed by atoms with Crippen LogP contribution in [0, 0.1) is 0 Å². The normalized spacial score (nSPS) is 17.0. The summed E-state index contributed by atoms with van der Waals surface area (Å²) in [4.78, 5) is 29.6. The second-order valence-electron chi connectivity index (χ2n) is 6.46. The highest BCUT2D eigenvalue weighted by atomic mass is 16.3. The molecule has 0 saturated heterocycles. The van der Waals surface area contributed by atoms with Crippen molar-refractivity contribution in [2.75, 3.05) is 11.9 Å². The molecular formula is C16H20N8O3. The summed E-state index contributed by atoms with van der Waals surface area (Å²) in [7, 11) is 0. The third-order valence-electron chi connectivity index (χ3n) is 4.30. The molecule has 0 radical (unpaired) electrons. The molecule has 0 bridgehead atoms. The lowest BCUT2D eigenvalue weighted by Crippen LogP contribution is -2.29. The number of hydrogen-bond acceptors (Lipinski definition) is 8. The van der Waals surface area contributed by atoms with Crippen LogP contribution in [0.25, 0.3) is 11.7 Å². The van der Waals surface area contributed by atoms with Crippen molar-refractivity contribution >= 4 is 17.7 Å². The number of aliphatic hydroxyl groups is 1. The Hall–Kier alpha value is -3.21. The van der Waals surface area contributed by atoms with Gasteiger partial charge in [-0.05, 0) is 25.3 Å². The minimum Gasteiger partial charge on any atom is -0.493 e. The van der Waals surface area contributed by atoms with Crippen molar-refractivity contribution in [1.82, 2.24) is 29.5 Å². The number of fused-ring (bicyclic) bond motifs is 1. The fourth-order valence-corrected chi connectivity index (χ4v) is 2.60. The van der Waals surface area contributed by atoms with Crippen molar-refractivity contribution in [3.8, 4) is 5.88 Å². The summed E-state index contributed by atoms with van der Waals surface area (Å²) in [6, 6.07) is 0.0547. The fourth-order valence-electron chi connectivity index (χ4n) is 2.60. The molecule has 0 aliphatic heterocycles. The number of aliphatic hydroxyl groups excluding tert-OH is 1. The summed E-state index contributed by atoms with van der Waals surface area (Å²) >= 11 is 0. The summed E-state index contributed by atoms with van der Waals surface area (Å²) in [6.07, 6.45) is 5.86. The Morgan fingerprint density at radius 2 is 2.26 bits per heavy atom. The third kappa shape index (κ3) is 3.53. The molecule has 0 amide bonds. The zero-order valence-corrected chi connectivity index (χ0v) is 14.7. The van der Waals surface area contributed by atoms with Crippen LogP contribution in [-0.4, -0.2) is 58.5 Å². The maximum absolute atomic E-state index is 11.3. The Balaban J connectivity index is 1.89. The number of anilines is 1. The molecule has 3 heterocycles. The van der Waals surface area contributed by atoms with Crippen LogP contribution in [-0.2, 0) is 0 Å². The van der Waals surface area contributed by atoms with E-state index < -0.39 is 5.69 Å². The first kappa shape index (κ1) is 17.2. The highest BCUT2D eigenvalue weighted by Gasteiger charge is 2.21. The number of aromatic hydroxyl groups is 1. The van der Waals surface area contributed by atoms with E-state index >= 15 is 0 Å². The van der Waals surface area contributed by atoms with Crippen molar-refractivity contribution in [3.63, 3.8) is 0 Å². The predicted molar refractivity (Wildman–Crippen MR) is 96.0 cm³/mol. The molecule has 3 aromatic rings. The number of rotatable bonds is 6. The summed E-state index contributed by atoms with van der Waals surface area (Å²) < 4.78 is 1.52. The van der Waals surface area contributed by atoms with Gasteiger partial charge in [0.05, 0.1) is 24.9 Å². The number of nitrogens with one attached hydrogen (secondary N) is 3.